The third-order valence-corrected chi connectivity index (χ3v) is 3.12. The maximum Gasteiger partial charge on any atom is 0.0708 e. The zero-order valence-corrected chi connectivity index (χ0v) is 12.6. The molecule has 0 saturated heterocycles. The summed E-state index contributed by atoms with van der Waals surface area (Å²) in [6.45, 7) is 9.71. The van der Waals surface area contributed by atoms with E-state index in [1.54, 1.807) is 0 Å². The number of pyridine rings is 1. The predicted molar refractivity (Wildman–Crippen MR) is 83.8 cm³/mol. The van der Waals surface area contributed by atoms with E-state index in [2.05, 4.69) is 48.4 Å². The first-order chi connectivity index (χ1) is 9.66. The molecule has 2 aromatic rings. The van der Waals surface area contributed by atoms with Gasteiger partial charge in [0.25, 0.3) is 0 Å². The lowest BCUT2D eigenvalue weighted by atomic mass is 10.1. The van der Waals surface area contributed by atoms with Crippen molar-refractivity contribution in [3.8, 4) is 0 Å². The summed E-state index contributed by atoms with van der Waals surface area (Å²) in [5, 5.41) is 4.67. The van der Waals surface area contributed by atoms with Gasteiger partial charge in [-0.15, -0.1) is 0 Å². The van der Waals surface area contributed by atoms with Crippen LogP contribution in [-0.4, -0.2) is 24.7 Å². The molecule has 0 bridgehead atoms. The molecule has 0 spiro atoms. The Balaban J connectivity index is 1.90. The van der Waals surface area contributed by atoms with Crippen LogP contribution in [0.4, 0.5) is 0 Å². The van der Waals surface area contributed by atoms with E-state index in [4.69, 9.17) is 4.74 Å². The van der Waals surface area contributed by atoms with E-state index in [0.29, 0.717) is 5.92 Å². The number of fused-ring (bicyclic) bond motifs is 1. The van der Waals surface area contributed by atoms with E-state index < -0.39 is 0 Å². The quantitative estimate of drug-likeness (QED) is 0.785. The Labute approximate surface area is 121 Å². The zero-order chi connectivity index (χ0) is 14.4. The van der Waals surface area contributed by atoms with E-state index in [0.717, 1.165) is 37.5 Å². The molecule has 3 heteroatoms. The minimum Gasteiger partial charge on any atom is -0.380 e. The molecule has 20 heavy (non-hydrogen) atoms. The number of nitrogens with one attached hydrogen (secondary N) is 1. The molecule has 1 heterocycles. The van der Waals surface area contributed by atoms with Crippen LogP contribution in [0.5, 0.6) is 0 Å². The number of rotatable bonds is 7. The fourth-order valence-corrected chi connectivity index (χ4v) is 2.23. The Morgan fingerprint density at radius 3 is 2.85 bits per heavy atom. The normalized spacial score (nSPS) is 11.4. The van der Waals surface area contributed by atoms with Gasteiger partial charge >= 0.3 is 0 Å². The highest BCUT2D eigenvalue weighted by Gasteiger charge is 2.03. The molecule has 108 valence electrons. The van der Waals surface area contributed by atoms with Crippen LogP contribution < -0.4 is 5.32 Å². The lowest BCUT2D eigenvalue weighted by Crippen LogP contribution is -2.20. The van der Waals surface area contributed by atoms with Gasteiger partial charge in [-0.1, -0.05) is 32.0 Å². The molecule has 0 radical (unpaired) electrons. The highest BCUT2D eigenvalue weighted by atomic mass is 16.5. The Kier molecular flexibility index (Phi) is 5.50. The molecule has 0 fully saturated rings. The maximum absolute atomic E-state index is 5.57. The number of hydrogen-bond donors (Lipinski definition) is 1. The molecule has 0 amide bonds. The van der Waals surface area contributed by atoms with Crippen molar-refractivity contribution < 1.29 is 4.74 Å². The second-order valence-corrected chi connectivity index (χ2v) is 5.59. The van der Waals surface area contributed by atoms with Crippen LogP contribution in [0, 0.1) is 12.8 Å². The topological polar surface area (TPSA) is 34.1 Å². The lowest BCUT2D eigenvalue weighted by Gasteiger charge is -2.10. The molecule has 0 atom stereocenters. The molecule has 0 saturated carbocycles. The third-order valence-electron chi connectivity index (χ3n) is 3.12. The monoisotopic (exact) mass is 272 g/mol. The maximum atomic E-state index is 5.57. The molecule has 0 aliphatic heterocycles. The minimum absolute atomic E-state index is 0.599. The van der Waals surface area contributed by atoms with Gasteiger partial charge in [0.05, 0.1) is 12.1 Å². The van der Waals surface area contributed by atoms with Gasteiger partial charge < -0.3 is 10.1 Å². The Hall–Kier alpha value is -1.45. The van der Waals surface area contributed by atoms with E-state index in [1.165, 1.54) is 10.9 Å². The van der Waals surface area contributed by atoms with Gasteiger partial charge in [0.1, 0.15) is 0 Å². The van der Waals surface area contributed by atoms with Crippen LogP contribution in [0.1, 0.15) is 25.1 Å². The Bertz CT molecular complexity index is 552. The van der Waals surface area contributed by atoms with Crippen molar-refractivity contribution in [2.75, 3.05) is 19.8 Å². The summed E-state index contributed by atoms with van der Waals surface area (Å²) >= 11 is 0. The predicted octanol–water partition coefficient (Wildman–Crippen LogP) is 3.31. The fraction of sp³-hybridized carbons (Fsp3) is 0.471. The first kappa shape index (κ1) is 14.9. The summed E-state index contributed by atoms with van der Waals surface area (Å²) in [5.74, 6) is 0.599. The van der Waals surface area contributed by atoms with Crippen molar-refractivity contribution >= 4 is 10.9 Å². The highest BCUT2D eigenvalue weighted by Crippen LogP contribution is 2.17. The summed E-state index contributed by atoms with van der Waals surface area (Å²) in [5.41, 5.74) is 3.44. The van der Waals surface area contributed by atoms with Gasteiger partial charge in [-0.3, -0.25) is 4.98 Å². The van der Waals surface area contributed by atoms with Crippen LogP contribution in [-0.2, 0) is 11.3 Å². The first-order valence-electron chi connectivity index (χ1n) is 7.30. The number of aromatic nitrogens is 1. The SMILES string of the molecule is Cc1cc(CNCCOCC(C)C)c2ccccc2n1. The van der Waals surface area contributed by atoms with Gasteiger partial charge in [0.15, 0.2) is 0 Å². The van der Waals surface area contributed by atoms with Gasteiger partial charge in [0, 0.05) is 30.8 Å². The van der Waals surface area contributed by atoms with E-state index in [9.17, 15) is 0 Å². The van der Waals surface area contributed by atoms with Crippen molar-refractivity contribution in [2.45, 2.75) is 27.3 Å². The van der Waals surface area contributed by atoms with Gasteiger partial charge in [-0.25, -0.2) is 0 Å². The average molecular weight is 272 g/mol. The molecule has 2 rings (SSSR count). The van der Waals surface area contributed by atoms with Gasteiger partial charge in [0.2, 0.25) is 0 Å². The number of para-hydroxylation sites is 1. The molecule has 1 aromatic carbocycles. The summed E-state index contributed by atoms with van der Waals surface area (Å²) in [7, 11) is 0. The summed E-state index contributed by atoms with van der Waals surface area (Å²) in [4.78, 5) is 4.56. The molecule has 0 aliphatic rings. The molecular formula is C17H24N2O. The summed E-state index contributed by atoms with van der Waals surface area (Å²) in [6.07, 6.45) is 0. The van der Waals surface area contributed by atoms with Gasteiger partial charge in [-0.05, 0) is 30.5 Å². The number of benzene rings is 1. The fourth-order valence-electron chi connectivity index (χ4n) is 2.23. The Morgan fingerprint density at radius 1 is 1.25 bits per heavy atom. The number of nitrogens with zero attached hydrogens (tertiary/aromatic N) is 1. The molecule has 0 unspecified atom stereocenters. The third kappa shape index (κ3) is 4.29. The largest absolute Gasteiger partial charge is 0.380 e. The lowest BCUT2D eigenvalue weighted by molar-refractivity contribution is 0.111. The highest BCUT2D eigenvalue weighted by molar-refractivity contribution is 5.82. The van der Waals surface area contributed by atoms with Crippen LogP contribution in [0.2, 0.25) is 0 Å². The number of ether oxygens (including phenoxy) is 1. The smallest absolute Gasteiger partial charge is 0.0708 e. The standard InChI is InChI=1S/C17H24N2O/c1-13(2)12-20-9-8-18-11-15-10-14(3)19-17-7-5-4-6-16(15)17/h4-7,10,13,18H,8-9,11-12H2,1-3H3. The first-order valence-corrected chi connectivity index (χ1v) is 7.30. The Morgan fingerprint density at radius 2 is 2.05 bits per heavy atom. The molecule has 0 aliphatic carbocycles. The van der Waals surface area contributed by atoms with Crippen LogP contribution in [0.25, 0.3) is 10.9 Å². The molecular weight excluding hydrogens is 248 g/mol. The molecule has 1 aromatic heterocycles. The van der Waals surface area contributed by atoms with Crippen molar-refractivity contribution in [2.24, 2.45) is 5.92 Å². The van der Waals surface area contributed by atoms with Crippen LogP contribution >= 0.6 is 0 Å². The minimum atomic E-state index is 0.599. The van der Waals surface area contributed by atoms with Crippen molar-refractivity contribution in [3.05, 3.63) is 41.6 Å². The van der Waals surface area contributed by atoms with Crippen molar-refractivity contribution in [1.29, 1.82) is 0 Å². The molecule has 1 N–H and O–H groups in total. The van der Waals surface area contributed by atoms with E-state index in [1.807, 2.05) is 13.0 Å². The molecule has 3 nitrogen and oxygen atoms in total. The summed E-state index contributed by atoms with van der Waals surface area (Å²) in [6, 6.07) is 10.5. The zero-order valence-electron chi connectivity index (χ0n) is 12.6. The van der Waals surface area contributed by atoms with E-state index >= 15 is 0 Å². The van der Waals surface area contributed by atoms with Crippen molar-refractivity contribution in [1.82, 2.24) is 10.3 Å². The van der Waals surface area contributed by atoms with Crippen molar-refractivity contribution in [3.63, 3.8) is 0 Å². The van der Waals surface area contributed by atoms with Gasteiger partial charge in [-0.2, -0.15) is 0 Å². The second-order valence-electron chi connectivity index (χ2n) is 5.59. The second kappa shape index (κ2) is 7.36. The summed E-state index contributed by atoms with van der Waals surface area (Å²) < 4.78 is 5.57. The number of aryl methyl sites for hydroxylation is 1. The average Bonchev–Trinajstić information content (AvgIpc) is 2.42. The van der Waals surface area contributed by atoms with Crippen LogP contribution in [0.3, 0.4) is 0 Å². The van der Waals surface area contributed by atoms with E-state index in [-0.39, 0.29) is 0 Å². The number of hydrogen-bond acceptors (Lipinski definition) is 3. The van der Waals surface area contributed by atoms with Crippen LogP contribution in [0.15, 0.2) is 30.3 Å².